The summed E-state index contributed by atoms with van der Waals surface area (Å²) in [7, 11) is 1.64. The quantitative estimate of drug-likeness (QED) is 0.270. The van der Waals surface area contributed by atoms with Crippen LogP contribution in [0.25, 0.3) is 10.9 Å². The smallest absolute Gasteiger partial charge is 0.252 e. The van der Waals surface area contributed by atoms with Gasteiger partial charge in [0, 0.05) is 18.7 Å². The van der Waals surface area contributed by atoms with E-state index in [0.29, 0.717) is 37.4 Å². The number of aryl methyl sites for hydroxylation is 1. The average Bonchev–Trinajstić information content (AvgIpc) is 3.39. The summed E-state index contributed by atoms with van der Waals surface area (Å²) in [6, 6.07) is 21.9. The van der Waals surface area contributed by atoms with Crippen LogP contribution >= 0.6 is 0 Å². The summed E-state index contributed by atoms with van der Waals surface area (Å²) in [5.74, 6) is 1.19. The predicted octanol–water partition coefficient (Wildman–Crippen LogP) is 5.17. The molecule has 0 radical (unpaired) electrons. The maximum absolute atomic E-state index is 13.7. The van der Waals surface area contributed by atoms with E-state index in [4.69, 9.17) is 4.74 Å². The van der Waals surface area contributed by atoms with Crippen molar-refractivity contribution in [3.63, 3.8) is 0 Å². The molecule has 0 aliphatic carbocycles. The molecule has 5 aromatic rings. The van der Waals surface area contributed by atoms with Crippen molar-refractivity contribution in [1.82, 2.24) is 30.1 Å². The van der Waals surface area contributed by atoms with Crippen molar-refractivity contribution in [1.29, 1.82) is 0 Å². The molecule has 2 aromatic heterocycles. The third kappa shape index (κ3) is 5.88. The molecule has 9 heteroatoms. The number of hydrogen-bond acceptors (Lipinski definition) is 6. The zero-order chi connectivity index (χ0) is 27.4. The zero-order valence-corrected chi connectivity index (χ0v) is 22.3. The van der Waals surface area contributed by atoms with E-state index >= 15 is 0 Å². The van der Waals surface area contributed by atoms with Gasteiger partial charge in [0.2, 0.25) is 0 Å². The van der Waals surface area contributed by atoms with Crippen LogP contribution in [0.2, 0.25) is 0 Å². The van der Waals surface area contributed by atoms with Crippen molar-refractivity contribution < 1.29 is 9.13 Å². The Bertz CT molecular complexity index is 1610. The lowest BCUT2D eigenvalue weighted by atomic mass is 10.1. The minimum absolute atomic E-state index is 0.131. The van der Waals surface area contributed by atoms with E-state index < -0.39 is 0 Å². The molecule has 0 amide bonds. The molecule has 8 nitrogen and oxygen atoms in total. The van der Waals surface area contributed by atoms with Gasteiger partial charge >= 0.3 is 0 Å². The van der Waals surface area contributed by atoms with Gasteiger partial charge in [0.05, 0.1) is 25.2 Å². The molecule has 1 N–H and O–H groups in total. The Labute approximate surface area is 226 Å². The van der Waals surface area contributed by atoms with Gasteiger partial charge in [-0.2, -0.15) is 0 Å². The van der Waals surface area contributed by atoms with Crippen LogP contribution in [-0.4, -0.2) is 37.2 Å². The van der Waals surface area contributed by atoms with Crippen LogP contribution in [0, 0.1) is 12.7 Å². The highest BCUT2D eigenvalue weighted by Crippen LogP contribution is 2.27. The highest BCUT2D eigenvalue weighted by atomic mass is 19.1. The Hall–Kier alpha value is -4.37. The van der Waals surface area contributed by atoms with Gasteiger partial charge in [-0.25, -0.2) is 9.07 Å². The number of fused-ring (bicyclic) bond motifs is 1. The number of aromatic nitrogens is 5. The number of aromatic amines is 1. The maximum atomic E-state index is 13.7. The van der Waals surface area contributed by atoms with Gasteiger partial charge < -0.3 is 9.72 Å². The summed E-state index contributed by atoms with van der Waals surface area (Å²) < 4.78 is 20.7. The molecule has 2 heterocycles. The molecule has 39 heavy (non-hydrogen) atoms. The number of tetrazole rings is 1. The molecule has 0 aliphatic rings. The topological polar surface area (TPSA) is 88.9 Å². The van der Waals surface area contributed by atoms with Crippen molar-refractivity contribution in [3.05, 3.63) is 117 Å². The molecular formula is C30H31FN6O2. The molecule has 0 saturated carbocycles. The van der Waals surface area contributed by atoms with Crippen molar-refractivity contribution >= 4 is 10.9 Å². The number of pyridine rings is 1. The lowest BCUT2D eigenvalue weighted by molar-refractivity contribution is 0.161. The Morgan fingerprint density at radius 2 is 1.77 bits per heavy atom. The van der Waals surface area contributed by atoms with Crippen LogP contribution in [0.3, 0.4) is 0 Å². The van der Waals surface area contributed by atoms with E-state index in [2.05, 4.69) is 32.3 Å². The van der Waals surface area contributed by atoms with E-state index in [9.17, 15) is 9.18 Å². The monoisotopic (exact) mass is 526 g/mol. The highest BCUT2D eigenvalue weighted by molar-refractivity contribution is 5.81. The third-order valence-electron chi connectivity index (χ3n) is 7.01. The third-order valence-corrected chi connectivity index (χ3v) is 7.01. The Balaban J connectivity index is 1.50. The molecule has 0 saturated heterocycles. The lowest BCUT2D eigenvalue weighted by Crippen LogP contribution is -2.32. The Kier molecular flexibility index (Phi) is 7.79. The van der Waals surface area contributed by atoms with Crippen LogP contribution in [0.1, 0.15) is 47.5 Å². The number of para-hydroxylation sites is 1. The minimum Gasteiger partial charge on any atom is -0.497 e. The summed E-state index contributed by atoms with van der Waals surface area (Å²) in [6.07, 6.45) is 0.703. The van der Waals surface area contributed by atoms with Gasteiger partial charge in [-0.1, -0.05) is 49.4 Å². The van der Waals surface area contributed by atoms with Crippen molar-refractivity contribution in [2.75, 3.05) is 7.11 Å². The van der Waals surface area contributed by atoms with Crippen LogP contribution < -0.4 is 10.3 Å². The number of H-pyrrole nitrogens is 1. The summed E-state index contributed by atoms with van der Waals surface area (Å²) in [5.41, 5.74) is 4.33. The SMILES string of the molecule is CC[C@H](c1nnnn1Cc1ccc(OC)cc1)N(Cc1ccc(F)cc1)Cc1cc2cccc(C)c2[nH]c1=O. The molecule has 0 bridgehead atoms. The van der Waals surface area contributed by atoms with E-state index in [-0.39, 0.29) is 17.4 Å². The summed E-state index contributed by atoms with van der Waals surface area (Å²) >= 11 is 0. The molecular weight excluding hydrogens is 495 g/mol. The highest BCUT2D eigenvalue weighted by Gasteiger charge is 2.26. The summed E-state index contributed by atoms with van der Waals surface area (Å²) in [4.78, 5) is 18.4. The number of rotatable bonds is 10. The predicted molar refractivity (Wildman–Crippen MR) is 148 cm³/mol. The number of nitrogens with zero attached hydrogens (tertiary/aromatic N) is 5. The number of hydrogen-bond donors (Lipinski definition) is 1. The van der Waals surface area contributed by atoms with E-state index in [1.54, 1.807) is 23.9 Å². The standard InChI is InChI=1S/C30H31FN6O2/c1-4-27(29-33-34-35-37(29)18-22-10-14-26(39-3)15-11-22)36(17-21-8-12-25(31)13-9-21)19-24-16-23-7-5-6-20(2)28(23)32-30(24)38/h5-16,27H,4,17-19H2,1-3H3,(H,32,38)/t27-/m1/s1. The van der Waals surface area contributed by atoms with Crippen molar-refractivity contribution in [2.45, 2.75) is 45.9 Å². The molecule has 1 atom stereocenters. The van der Waals surface area contributed by atoms with Crippen molar-refractivity contribution in [2.24, 2.45) is 0 Å². The summed E-state index contributed by atoms with van der Waals surface area (Å²) in [5, 5.41) is 13.7. The largest absolute Gasteiger partial charge is 0.497 e. The second-order valence-corrected chi connectivity index (χ2v) is 9.66. The fourth-order valence-electron chi connectivity index (χ4n) is 4.94. The van der Waals surface area contributed by atoms with Crippen LogP contribution in [-0.2, 0) is 19.6 Å². The molecule has 0 fully saturated rings. The number of methoxy groups -OCH3 is 1. The number of halogens is 1. The normalized spacial score (nSPS) is 12.2. The van der Waals surface area contributed by atoms with Gasteiger partial charge in [-0.05, 0) is 76.2 Å². The van der Waals surface area contributed by atoms with Crippen molar-refractivity contribution in [3.8, 4) is 5.75 Å². The van der Waals surface area contributed by atoms with Crippen LogP contribution in [0.15, 0.2) is 77.6 Å². The minimum atomic E-state index is -0.290. The first-order valence-electron chi connectivity index (χ1n) is 12.9. The average molecular weight is 527 g/mol. The zero-order valence-electron chi connectivity index (χ0n) is 22.3. The van der Waals surface area contributed by atoms with Gasteiger partial charge in [-0.3, -0.25) is 9.69 Å². The molecule has 0 spiro atoms. The fraction of sp³-hybridized carbons (Fsp3) is 0.267. The van der Waals surface area contributed by atoms with E-state index in [1.165, 1.54) is 12.1 Å². The second kappa shape index (κ2) is 11.6. The number of ether oxygens (including phenoxy) is 1. The van der Waals surface area contributed by atoms with Gasteiger partial charge in [0.1, 0.15) is 11.6 Å². The van der Waals surface area contributed by atoms with E-state index in [1.807, 2.05) is 55.5 Å². The fourth-order valence-corrected chi connectivity index (χ4v) is 4.94. The Morgan fingerprint density at radius 3 is 2.49 bits per heavy atom. The van der Waals surface area contributed by atoms with Gasteiger partial charge in [0.25, 0.3) is 5.56 Å². The second-order valence-electron chi connectivity index (χ2n) is 9.66. The Morgan fingerprint density at radius 1 is 1.03 bits per heavy atom. The van der Waals surface area contributed by atoms with Crippen LogP contribution in [0.4, 0.5) is 4.39 Å². The molecule has 0 aliphatic heterocycles. The molecule has 200 valence electrons. The van der Waals surface area contributed by atoms with Gasteiger partial charge in [0.15, 0.2) is 5.82 Å². The summed E-state index contributed by atoms with van der Waals surface area (Å²) in [6.45, 7) is 5.39. The molecule has 3 aromatic carbocycles. The van der Waals surface area contributed by atoms with Crippen LogP contribution in [0.5, 0.6) is 5.75 Å². The molecule has 0 unspecified atom stereocenters. The number of nitrogens with one attached hydrogen (secondary N) is 1. The molecule has 5 rings (SSSR count). The van der Waals surface area contributed by atoms with Gasteiger partial charge in [-0.15, -0.1) is 5.10 Å². The number of benzene rings is 3. The first kappa shape index (κ1) is 26.2. The maximum Gasteiger partial charge on any atom is 0.252 e. The first-order valence-corrected chi connectivity index (χ1v) is 12.9. The first-order chi connectivity index (χ1) is 18.9. The lowest BCUT2D eigenvalue weighted by Gasteiger charge is -2.30. The van der Waals surface area contributed by atoms with E-state index in [0.717, 1.165) is 33.3 Å².